The minimum atomic E-state index is -0.235. The number of carbonyl (C=O) groups is 1. The van der Waals surface area contributed by atoms with E-state index >= 15 is 0 Å². The van der Waals surface area contributed by atoms with Gasteiger partial charge in [0.1, 0.15) is 12.3 Å². The van der Waals surface area contributed by atoms with Crippen molar-refractivity contribution < 1.29 is 14.3 Å². The van der Waals surface area contributed by atoms with Crippen LogP contribution < -0.4 is 10.1 Å². The molecule has 6 heteroatoms. The normalized spacial score (nSPS) is 17.0. The third kappa shape index (κ3) is 5.27. The summed E-state index contributed by atoms with van der Waals surface area (Å²) >= 11 is 0. The van der Waals surface area contributed by atoms with Gasteiger partial charge in [0.05, 0.1) is 14.2 Å². The predicted octanol–water partition coefficient (Wildman–Crippen LogP) is 3.58. The Kier molecular flexibility index (Phi) is 6.89. The van der Waals surface area contributed by atoms with Gasteiger partial charge in [0.15, 0.2) is 0 Å². The first-order valence-corrected chi connectivity index (χ1v) is 10.9. The van der Waals surface area contributed by atoms with E-state index in [1.54, 1.807) is 7.11 Å². The zero-order chi connectivity index (χ0) is 21.6. The summed E-state index contributed by atoms with van der Waals surface area (Å²) in [5.74, 6) is 0.674. The fourth-order valence-electron chi connectivity index (χ4n) is 4.45. The monoisotopic (exact) mass is 421 g/mol. The van der Waals surface area contributed by atoms with Crippen LogP contribution in [0, 0.1) is 0 Å². The first-order chi connectivity index (χ1) is 15.2. The molecule has 1 aromatic heterocycles. The lowest BCUT2D eigenvalue weighted by molar-refractivity contribution is -0.141. The van der Waals surface area contributed by atoms with Gasteiger partial charge in [-0.3, -0.25) is 9.69 Å². The van der Waals surface area contributed by atoms with Crippen LogP contribution in [-0.2, 0) is 29.2 Å². The lowest BCUT2D eigenvalue weighted by Crippen LogP contribution is -2.45. The van der Waals surface area contributed by atoms with Crippen molar-refractivity contribution in [2.45, 2.75) is 38.5 Å². The van der Waals surface area contributed by atoms with Gasteiger partial charge in [-0.05, 0) is 48.7 Å². The molecule has 1 saturated heterocycles. The highest BCUT2D eigenvalue weighted by atomic mass is 16.5. The van der Waals surface area contributed by atoms with E-state index in [0.29, 0.717) is 6.04 Å². The van der Waals surface area contributed by atoms with Crippen molar-refractivity contribution in [3.63, 3.8) is 0 Å². The summed E-state index contributed by atoms with van der Waals surface area (Å²) < 4.78 is 12.2. The van der Waals surface area contributed by atoms with Crippen molar-refractivity contribution in [1.82, 2.24) is 14.8 Å². The van der Waals surface area contributed by atoms with Gasteiger partial charge in [-0.2, -0.15) is 0 Å². The van der Waals surface area contributed by atoms with E-state index in [0.717, 1.165) is 37.4 Å². The van der Waals surface area contributed by atoms with E-state index < -0.39 is 0 Å². The van der Waals surface area contributed by atoms with Gasteiger partial charge in [-0.15, -0.1) is 0 Å². The van der Waals surface area contributed by atoms with Crippen molar-refractivity contribution in [1.29, 1.82) is 0 Å². The fraction of sp³-hybridized carbons (Fsp3) is 0.400. The van der Waals surface area contributed by atoms with Crippen LogP contribution in [0.25, 0.3) is 10.9 Å². The number of hydrogen-bond acceptors (Lipinski definition) is 5. The largest absolute Gasteiger partial charge is 0.497 e. The third-order valence-corrected chi connectivity index (χ3v) is 6.03. The maximum Gasteiger partial charge on any atom is 0.325 e. The van der Waals surface area contributed by atoms with Gasteiger partial charge in [-0.1, -0.05) is 30.3 Å². The summed E-state index contributed by atoms with van der Waals surface area (Å²) in [5, 5.41) is 4.94. The number of rotatable bonds is 8. The van der Waals surface area contributed by atoms with Crippen molar-refractivity contribution in [2.24, 2.45) is 0 Å². The fourth-order valence-corrected chi connectivity index (χ4v) is 4.45. The van der Waals surface area contributed by atoms with Gasteiger partial charge >= 0.3 is 5.97 Å². The Bertz CT molecular complexity index is 1030. The molecule has 1 aliphatic rings. The van der Waals surface area contributed by atoms with E-state index in [1.807, 2.05) is 22.8 Å². The Balaban J connectivity index is 1.39. The second-order valence-electron chi connectivity index (χ2n) is 8.18. The van der Waals surface area contributed by atoms with Crippen LogP contribution in [0.3, 0.4) is 0 Å². The zero-order valence-electron chi connectivity index (χ0n) is 18.3. The lowest BCUT2D eigenvalue weighted by atomic mass is 10.0. The third-order valence-electron chi connectivity index (χ3n) is 6.03. The van der Waals surface area contributed by atoms with E-state index in [2.05, 4.69) is 46.7 Å². The van der Waals surface area contributed by atoms with Crippen LogP contribution in [-0.4, -0.2) is 48.8 Å². The number of esters is 1. The zero-order valence-corrected chi connectivity index (χ0v) is 18.3. The van der Waals surface area contributed by atoms with Gasteiger partial charge in [-0.25, -0.2) is 0 Å². The molecule has 1 unspecified atom stereocenters. The van der Waals surface area contributed by atoms with Crippen LogP contribution >= 0.6 is 0 Å². The standard InChI is InChI=1S/C25H31N3O3/c1-30-22-9-5-7-19(13-22)15-27-12-6-8-21(17-27)26-14-20-16-28(18-25(29)31-2)24-11-4-3-10-23(20)24/h3-5,7,9-11,13,16,21,26H,6,8,12,14-15,17-18H2,1-2H3. The van der Waals surface area contributed by atoms with E-state index in [4.69, 9.17) is 9.47 Å². The summed E-state index contributed by atoms with van der Waals surface area (Å²) in [7, 11) is 3.14. The van der Waals surface area contributed by atoms with Crippen LogP contribution in [0.1, 0.15) is 24.0 Å². The number of nitrogens with zero attached hydrogens (tertiary/aromatic N) is 2. The quantitative estimate of drug-likeness (QED) is 0.564. The summed E-state index contributed by atoms with van der Waals surface area (Å²) in [6.07, 6.45) is 4.44. The van der Waals surface area contributed by atoms with Crippen molar-refractivity contribution in [2.75, 3.05) is 27.3 Å². The van der Waals surface area contributed by atoms with Crippen LogP contribution in [0.2, 0.25) is 0 Å². The molecule has 2 aromatic carbocycles. The average Bonchev–Trinajstić information content (AvgIpc) is 3.15. The molecule has 0 radical (unpaired) electrons. The van der Waals surface area contributed by atoms with E-state index in [9.17, 15) is 4.79 Å². The molecule has 1 N–H and O–H groups in total. The van der Waals surface area contributed by atoms with E-state index in [1.165, 1.54) is 36.5 Å². The molecule has 1 fully saturated rings. The number of para-hydroxylation sites is 1. The molecule has 0 bridgehead atoms. The second kappa shape index (κ2) is 9.98. The first kappa shape index (κ1) is 21.4. The molecule has 2 heterocycles. The molecule has 1 aliphatic heterocycles. The molecule has 31 heavy (non-hydrogen) atoms. The predicted molar refractivity (Wildman–Crippen MR) is 122 cm³/mol. The Morgan fingerprint density at radius 1 is 1.16 bits per heavy atom. The van der Waals surface area contributed by atoms with Gasteiger partial charge in [0, 0.05) is 42.8 Å². The van der Waals surface area contributed by atoms with Gasteiger partial charge < -0.3 is 19.4 Å². The topological polar surface area (TPSA) is 55.7 Å². The maximum absolute atomic E-state index is 11.8. The smallest absolute Gasteiger partial charge is 0.325 e. The van der Waals surface area contributed by atoms with Gasteiger partial charge in [0.25, 0.3) is 0 Å². The molecule has 0 amide bonds. The average molecular weight is 422 g/mol. The number of fused-ring (bicyclic) bond motifs is 1. The molecule has 0 aliphatic carbocycles. The first-order valence-electron chi connectivity index (χ1n) is 10.9. The van der Waals surface area contributed by atoms with Gasteiger partial charge in [0.2, 0.25) is 0 Å². The molecule has 0 saturated carbocycles. The van der Waals surface area contributed by atoms with Crippen molar-refractivity contribution >= 4 is 16.9 Å². The molecule has 3 aromatic rings. The molecule has 6 nitrogen and oxygen atoms in total. The minimum absolute atomic E-state index is 0.231. The molecule has 0 spiro atoms. The number of ether oxygens (including phenoxy) is 2. The van der Waals surface area contributed by atoms with Crippen molar-refractivity contribution in [3.05, 3.63) is 65.9 Å². The number of hydrogen-bond donors (Lipinski definition) is 1. The molecule has 1 atom stereocenters. The number of nitrogens with one attached hydrogen (secondary N) is 1. The SMILES string of the molecule is COC(=O)Cn1cc(CNC2CCCN(Cc3cccc(OC)c3)C2)c2ccccc21. The van der Waals surface area contributed by atoms with Crippen LogP contribution in [0.5, 0.6) is 5.75 Å². The molecule has 4 rings (SSSR count). The summed E-state index contributed by atoms with van der Waals surface area (Å²) in [5.41, 5.74) is 3.56. The Hall–Kier alpha value is -2.83. The highest BCUT2D eigenvalue weighted by molar-refractivity contribution is 5.85. The number of likely N-dealkylation sites (tertiary alicyclic amines) is 1. The Morgan fingerprint density at radius 2 is 2.03 bits per heavy atom. The lowest BCUT2D eigenvalue weighted by Gasteiger charge is -2.33. The summed E-state index contributed by atoms with van der Waals surface area (Å²) in [4.78, 5) is 14.3. The van der Waals surface area contributed by atoms with Crippen LogP contribution in [0.4, 0.5) is 0 Å². The highest BCUT2D eigenvalue weighted by Gasteiger charge is 2.20. The molecule has 164 valence electrons. The van der Waals surface area contributed by atoms with Crippen molar-refractivity contribution in [3.8, 4) is 5.75 Å². The molecular formula is C25H31N3O3. The minimum Gasteiger partial charge on any atom is -0.497 e. The van der Waals surface area contributed by atoms with E-state index in [-0.39, 0.29) is 12.5 Å². The number of carbonyl (C=O) groups excluding carboxylic acids is 1. The van der Waals surface area contributed by atoms with Crippen LogP contribution in [0.15, 0.2) is 54.7 Å². The summed E-state index contributed by atoms with van der Waals surface area (Å²) in [6.45, 7) is 4.10. The number of piperidine rings is 1. The Labute approximate surface area is 183 Å². The summed E-state index contributed by atoms with van der Waals surface area (Å²) in [6, 6.07) is 17.0. The highest BCUT2D eigenvalue weighted by Crippen LogP contribution is 2.23. The number of aromatic nitrogens is 1. The number of benzene rings is 2. The molecular weight excluding hydrogens is 390 g/mol. The maximum atomic E-state index is 11.8. The Morgan fingerprint density at radius 3 is 2.87 bits per heavy atom. The number of methoxy groups -OCH3 is 2. The second-order valence-corrected chi connectivity index (χ2v) is 8.18.